The lowest BCUT2D eigenvalue weighted by Gasteiger charge is -2.28. The van der Waals surface area contributed by atoms with Crippen molar-refractivity contribution in [3.63, 3.8) is 0 Å². The fourth-order valence-electron chi connectivity index (χ4n) is 6.44. The van der Waals surface area contributed by atoms with Crippen LogP contribution in [0.15, 0.2) is 109 Å². The van der Waals surface area contributed by atoms with E-state index in [-0.39, 0.29) is 19.1 Å². The zero-order chi connectivity index (χ0) is 34.1. The monoisotopic (exact) mass is 675 g/mol. The van der Waals surface area contributed by atoms with Gasteiger partial charge < -0.3 is 19.8 Å². The number of rotatable bonds is 10. The van der Waals surface area contributed by atoms with Crippen LogP contribution in [0.25, 0.3) is 0 Å². The van der Waals surface area contributed by atoms with Crippen LogP contribution in [0.3, 0.4) is 0 Å². The van der Waals surface area contributed by atoms with E-state index in [0.29, 0.717) is 69.8 Å². The molecule has 7 rings (SSSR count). The number of aromatic nitrogens is 3. The predicted molar refractivity (Wildman–Crippen MR) is 186 cm³/mol. The molecule has 0 unspecified atom stereocenters. The van der Waals surface area contributed by atoms with Crippen molar-refractivity contribution in [2.75, 3.05) is 16.4 Å². The van der Waals surface area contributed by atoms with Crippen LogP contribution < -0.4 is 14.5 Å². The fourth-order valence-corrected chi connectivity index (χ4v) is 6.61. The quantitative estimate of drug-likeness (QED) is 0.161. The molecule has 10 nitrogen and oxygen atoms in total. The molecule has 49 heavy (non-hydrogen) atoms. The zero-order valence-electron chi connectivity index (χ0n) is 26.7. The molecule has 2 atom stereocenters. The number of ether oxygens (including phenoxy) is 1. The topological polar surface area (TPSA) is 121 Å². The van der Waals surface area contributed by atoms with Crippen molar-refractivity contribution in [1.82, 2.24) is 15.0 Å². The average Bonchev–Trinajstić information content (AvgIpc) is 3.60. The van der Waals surface area contributed by atoms with Gasteiger partial charge in [0.05, 0.1) is 29.2 Å². The molecule has 5 aromatic rings. The lowest BCUT2D eigenvalue weighted by atomic mass is 9.83. The fraction of sp³-hybridized carbons (Fsp3) is 0.211. The van der Waals surface area contributed by atoms with Gasteiger partial charge in [-0.15, -0.1) is 5.10 Å². The summed E-state index contributed by atoms with van der Waals surface area (Å²) in [5, 5.41) is 29.8. The highest BCUT2D eigenvalue weighted by Gasteiger charge is 2.52. The highest BCUT2D eigenvalue weighted by Crippen LogP contribution is 2.47. The molecule has 0 bridgehead atoms. The van der Waals surface area contributed by atoms with E-state index in [4.69, 9.17) is 21.4 Å². The van der Waals surface area contributed by atoms with Crippen LogP contribution in [0.4, 0.5) is 17.1 Å². The number of anilines is 3. The van der Waals surface area contributed by atoms with Gasteiger partial charge in [0.25, 0.3) is 11.8 Å². The minimum atomic E-state index is -1.85. The molecule has 3 heterocycles. The molecular formula is C38H34ClN5O5. The molecule has 248 valence electrons. The molecule has 0 fully saturated rings. The molecular weight excluding hydrogens is 642 g/mol. The third-order valence-electron chi connectivity index (χ3n) is 8.95. The normalized spacial score (nSPS) is 17.5. The Morgan fingerprint density at radius 1 is 0.959 bits per heavy atom. The van der Waals surface area contributed by atoms with Crippen molar-refractivity contribution < 1.29 is 24.5 Å². The molecule has 4 aromatic carbocycles. The Kier molecular flexibility index (Phi) is 8.77. The van der Waals surface area contributed by atoms with E-state index in [1.165, 1.54) is 0 Å². The minimum absolute atomic E-state index is 0.00770. The number of carbonyl (C=O) groups is 2. The molecule has 2 amide bonds. The van der Waals surface area contributed by atoms with Crippen molar-refractivity contribution in [2.45, 2.75) is 38.5 Å². The number of allylic oxidation sites excluding steroid dienone is 1. The molecule has 2 aliphatic rings. The van der Waals surface area contributed by atoms with Gasteiger partial charge in [-0.3, -0.25) is 19.2 Å². The van der Waals surface area contributed by atoms with E-state index in [9.17, 15) is 14.7 Å². The summed E-state index contributed by atoms with van der Waals surface area (Å²) in [4.78, 5) is 31.4. The number of hydrogen-bond acceptors (Lipinski definition) is 7. The number of benzene rings is 4. The summed E-state index contributed by atoms with van der Waals surface area (Å²) in [6.45, 7) is 2.52. The summed E-state index contributed by atoms with van der Waals surface area (Å²) in [7, 11) is 0. The van der Waals surface area contributed by atoms with Crippen molar-refractivity contribution in [3.8, 4) is 11.5 Å². The van der Waals surface area contributed by atoms with Crippen molar-refractivity contribution in [2.24, 2.45) is 5.92 Å². The number of aliphatic hydroxyl groups excluding tert-OH is 1. The molecule has 0 aliphatic carbocycles. The SMILES string of the molecule is C[C@@H](/C=C/CCn1cc(CCO)nn1)[C@]1(O)C(=O)N(Cc2cccc(N3C(=O)c4ccccc4Oc4ccccc43)c2)c2ccc(Cl)cc21. The third kappa shape index (κ3) is 5.99. The van der Waals surface area contributed by atoms with Crippen LogP contribution >= 0.6 is 11.6 Å². The van der Waals surface area contributed by atoms with E-state index in [1.807, 2.05) is 66.7 Å². The van der Waals surface area contributed by atoms with Gasteiger partial charge in [-0.25, -0.2) is 0 Å². The van der Waals surface area contributed by atoms with Gasteiger partial charge in [0.1, 0.15) is 5.75 Å². The molecule has 0 saturated carbocycles. The second-order valence-corrected chi connectivity index (χ2v) is 12.6. The maximum Gasteiger partial charge on any atom is 0.266 e. The summed E-state index contributed by atoms with van der Waals surface area (Å²) in [5.74, 6) is -0.258. The van der Waals surface area contributed by atoms with Crippen LogP contribution in [0.2, 0.25) is 5.02 Å². The Bertz CT molecular complexity index is 2080. The molecule has 0 radical (unpaired) electrons. The number of amides is 2. The van der Waals surface area contributed by atoms with Crippen molar-refractivity contribution >= 4 is 40.5 Å². The molecule has 1 aromatic heterocycles. The molecule has 11 heteroatoms. The van der Waals surface area contributed by atoms with Gasteiger partial charge in [0.15, 0.2) is 11.4 Å². The number of para-hydroxylation sites is 3. The molecule has 0 saturated heterocycles. The Morgan fingerprint density at radius 3 is 2.59 bits per heavy atom. The first-order valence-corrected chi connectivity index (χ1v) is 16.5. The third-order valence-corrected chi connectivity index (χ3v) is 9.19. The van der Waals surface area contributed by atoms with Crippen LogP contribution in [-0.4, -0.2) is 43.6 Å². The summed E-state index contributed by atoms with van der Waals surface area (Å²) in [6.07, 6.45) is 6.58. The molecule has 2 N–H and O–H groups in total. The van der Waals surface area contributed by atoms with E-state index >= 15 is 0 Å². The van der Waals surface area contributed by atoms with E-state index < -0.39 is 17.4 Å². The first-order chi connectivity index (χ1) is 23.8. The van der Waals surface area contributed by atoms with Crippen LogP contribution in [-0.2, 0) is 29.9 Å². The molecule has 2 aliphatic heterocycles. The van der Waals surface area contributed by atoms with Crippen LogP contribution in [0, 0.1) is 5.92 Å². The Morgan fingerprint density at radius 2 is 1.76 bits per heavy atom. The lowest BCUT2D eigenvalue weighted by Crippen LogP contribution is -2.44. The van der Waals surface area contributed by atoms with E-state index in [2.05, 4.69) is 10.3 Å². The van der Waals surface area contributed by atoms with Gasteiger partial charge in [0, 0.05) is 48.0 Å². The minimum Gasteiger partial charge on any atom is -0.454 e. The zero-order valence-corrected chi connectivity index (χ0v) is 27.5. The molecule has 0 spiro atoms. The Hall–Kier alpha value is -5.29. The first kappa shape index (κ1) is 32.3. The number of aliphatic hydroxyl groups is 2. The van der Waals surface area contributed by atoms with Gasteiger partial charge in [-0.1, -0.05) is 72.3 Å². The first-order valence-electron chi connectivity index (χ1n) is 16.1. The summed E-state index contributed by atoms with van der Waals surface area (Å²) in [5.41, 5.74) is 2.28. The predicted octanol–water partition coefficient (Wildman–Crippen LogP) is 6.57. The Labute approximate surface area is 288 Å². The number of nitrogens with zero attached hydrogens (tertiary/aromatic N) is 5. The van der Waals surface area contributed by atoms with E-state index in [0.717, 1.165) is 5.56 Å². The van der Waals surface area contributed by atoms with Gasteiger partial charge in [-0.05, 0) is 66.6 Å². The number of fused-ring (bicyclic) bond motifs is 3. The number of halogens is 1. The lowest BCUT2D eigenvalue weighted by molar-refractivity contribution is -0.139. The number of hydrogen-bond donors (Lipinski definition) is 2. The van der Waals surface area contributed by atoms with E-state index in [1.54, 1.807) is 64.0 Å². The van der Waals surface area contributed by atoms with Crippen molar-refractivity contribution in [3.05, 3.63) is 137 Å². The smallest absolute Gasteiger partial charge is 0.266 e. The second-order valence-electron chi connectivity index (χ2n) is 12.1. The number of aryl methyl sites for hydroxylation is 1. The Balaban J connectivity index is 1.16. The van der Waals surface area contributed by atoms with Crippen LogP contribution in [0.1, 0.15) is 40.5 Å². The summed E-state index contributed by atoms with van der Waals surface area (Å²) < 4.78 is 7.86. The summed E-state index contributed by atoms with van der Waals surface area (Å²) >= 11 is 6.40. The van der Waals surface area contributed by atoms with Crippen LogP contribution in [0.5, 0.6) is 11.5 Å². The van der Waals surface area contributed by atoms with Crippen molar-refractivity contribution in [1.29, 1.82) is 0 Å². The summed E-state index contributed by atoms with van der Waals surface area (Å²) in [6, 6.07) is 27.1. The van der Waals surface area contributed by atoms with Gasteiger partial charge in [0.2, 0.25) is 0 Å². The average molecular weight is 676 g/mol. The van der Waals surface area contributed by atoms with Gasteiger partial charge >= 0.3 is 0 Å². The largest absolute Gasteiger partial charge is 0.454 e. The second kappa shape index (κ2) is 13.3. The van der Waals surface area contributed by atoms with Gasteiger partial charge in [-0.2, -0.15) is 0 Å². The number of carbonyl (C=O) groups excluding carboxylic acids is 2. The highest BCUT2D eigenvalue weighted by atomic mass is 35.5. The highest BCUT2D eigenvalue weighted by molar-refractivity contribution is 6.31. The standard InChI is InChI=1S/C38H34ClN5O5/c1-25(9-6-7-19-42-24-28(18-20-45)40-41-42)38(48)31-22-27(39)16-17-32(31)43(37(38)47)23-26-10-8-11-29(21-26)44-33-13-3-5-15-35(33)49-34-14-4-2-12-30(34)36(44)46/h2-6,8-17,21-22,24-25,45,48H,7,18-20,23H2,1H3/b9-6+/t25-,38+/m0/s1. The maximum atomic E-state index is 14.2. The maximum absolute atomic E-state index is 14.2.